The second kappa shape index (κ2) is 7.24. The number of carbonyl (C=O) groups excluding carboxylic acids is 1. The lowest BCUT2D eigenvalue weighted by Crippen LogP contribution is -2.18. The number of thioether (sulfide) groups is 1. The number of phenols is 1. The molecule has 0 spiro atoms. The first kappa shape index (κ1) is 16.3. The normalized spacial score (nSPS) is 16.9. The second-order valence-electron chi connectivity index (χ2n) is 4.52. The zero-order valence-corrected chi connectivity index (χ0v) is 13.0. The number of aliphatic carboxylic acids is 1. The summed E-state index contributed by atoms with van der Waals surface area (Å²) in [4.78, 5) is 23.0. The summed E-state index contributed by atoms with van der Waals surface area (Å²) >= 11 is 6.07. The summed E-state index contributed by atoms with van der Waals surface area (Å²) in [5, 5.41) is 20.8. The minimum absolute atomic E-state index is 0.0795. The van der Waals surface area contributed by atoms with Gasteiger partial charge < -0.3 is 15.5 Å². The molecule has 1 amide bonds. The maximum Gasteiger partial charge on any atom is 0.303 e. The summed E-state index contributed by atoms with van der Waals surface area (Å²) in [5.41, 5.74) is 1.35. The van der Waals surface area contributed by atoms with Gasteiger partial charge in [-0.25, -0.2) is 0 Å². The fraction of sp³-hybridized carbons (Fsp3) is 0.133. The van der Waals surface area contributed by atoms with Gasteiger partial charge >= 0.3 is 5.97 Å². The van der Waals surface area contributed by atoms with E-state index in [-0.39, 0.29) is 24.5 Å². The Morgan fingerprint density at radius 2 is 2.14 bits per heavy atom. The molecule has 1 heterocycles. The number of hydrogen-bond acceptors (Lipinski definition) is 5. The number of carbonyl (C=O) groups is 2. The van der Waals surface area contributed by atoms with Crippen molar-refractivity contribution < 1.29 is 19.8 Å². The Kier molecular flexibility index (Phi) is 5.35. The minimum Gasteiger partial charge on any atom is -0.508 e. The van der Waals surface area contributed by atoms with Crippen LogP contribution in [0.3, 0.4) is 0 Å². The zero-order valence-electron chi connectivity index (χ0n) is 11.4. The second-order valence-corrected chi connectivity index (χ2v) is 6.21. The topological polar surface area (TPSA) is 86.6 Å². The summed E-state index contributed by atoms with van der Waals surface area (Å²) in [5.74, 6) is -1.11. The molecule has 1 saturated heterocycles. The summed E-state index contributed by atoms with van der Waals surface area (Å²) in [6, 6.07) is 6.62. The van der Waals surface area contributed by atoms with Crippen LogP contribution in [0.4, 0.5) is 0 Å². The largest absolute Gasteiger partial charge is 0.508 e. The molecule has 1 aromatic rings. The molecule has 0 unspecified atom stereocenters. The van der Waals surface area contributed by atoms with Gasteiger partial charge in [0.15, 0.2) is 0 Å². The minimum atomic E-state index is -0.935. The van der Waals surface area contributed by atoms with E-state index in [1.54, 1.807) is 36.4 Å². The van der Waals surface area contributed by atoms with Gasteiger partial charge in [-0.3, -0.25) is 9.59 Å². The smallest absolute Gasteiger partial charge is 0.303 e. The highest BCUT2D eigenvalue weighted by Crippen LogP contribution is 2.30. The predicted molar refractivity (Wildman–Crippen MR) is 89.4 cm³/mol. The van der Waals surface area contributed by atoms with E-state index in [2.05, 4.69) is 5.32 Å². The highest BCUT2D eigenvalue weighted by atomic mass is 32.2. The van der Waals surface area contributed by atoms with Crippen LogP contribution in [0.15, 0.2) is 40.8 Å². The first-order valence-corrected chi connectivity index (χ1v) is 7.63. The van der Waals surface area contributed by atoms with Crippen molar-refractivity contribution in [2.75, 3.05) is 0 Å². The van der Waals surface area contributed by atoms with E-state index in [4.69, 9.17) is 17.3 Å². The van der Waals surface area contributed by atoms with Crippen molar-refractivity contribution in [2.24, 2.45) is 0 Å². The van der Waals surface area contributed by atoms with Gasteiger partial charge in [-0.1, -0.05) is 48.3 Å². The molecule has 1 fully saturated rings. The number of carboxylic acids is 1. The van der Waals surface area contributed by atoms with E-state index in [1.165, 1.54) is 0 Å². The number of nitrogens with one attached hydrogen (secondary N) is 1. The number of phenolic OH excluding ortho intramolecular Hbond substituents is 1. The molecule has 0 atom stereocenters. The van der Waals surface area contributed by atoms with Crippen molar-refractivity contribution in [3.05, 3.63) is 46.4 Å². The monoisotopic (exact) mass is 335 g/mol. The Hall–Kier alpha value is -2.12. The molecule has 2 rings (SSSR count). The molecule has 3 N–H and O–H groups in total. The van der Waals surface area contributed by atoms with E-state index in [1.807, 2.05) is 0 Å². The van der Waals surface area contributed by atoms with Gasteiger partial charge in [0, 0.05) is 6.42 Å². The van der Waals surface area contributed by atoms with Gasteiger partial charge in [0.05, 0.1) is 4.91 Å². The van der Waals surface area contributed by atoms with Crippen molar-refractivity contribution >= 4 is 46.3 Å². The van der Waals surface area contributed by atoms with Crippen LogP contribution in [0, 0.1) is 0 Å². The molecule has 1 aromatic carbocycles. The van der Waals surface area contributed by atoms with Gasteiger partial charge in [0.2, 0.25) is 0 Å². The quantitative estimate of drug-likeness (QED) is 0.566. The Balaban J connectivity index is 2.28. The summed E-state index contributed by atoms with van der Waals surface area (Å²) in [6.45, 7) is 0. The van der Waals surface area contributed by atoms with Crippen LogP contribution in [-0.2, 0) is 9.59 Å². The number of carboxylic acid groups (broad SMARTS) is 1. The lowest BCUT2D eigenvalue weighted by molar-refractivity contribution is -0.137. The lowest BCUT2D eigenvalue weighted by atomic mass is 10.1. The Bertz CT molecular complexity index is 695. The van der Waals surface area contributed by atoms with Crippen LogP contribution in [0.25, 0.3) is 6.08 Å². The number of hydrogen-bond donors (Lipinski definition) is 3. The first-order chi connectivity index (χ1) is 10.5. The standard InChI is InChI=1S/C15H13NO4S2/c17-11-3-1-2-9(8-11)4-5-10(6-7-12(18)19)13-14(20)16-15(21)22-13/h1-5,8,17H,6-7H2,(H,18,19)(H,16,20,21). The van der Waals surface area contributed by atoms with E-state index in [0.717, 1.165) is 17.3 Å². The van der Waals surface area contributed by atoms with Crippen molar-refractivity contribution in [1.82, 2.24) is 5.32 Å². The average Bonchev–Trinajstić information content (AvgIpc) is 2.77. The number of rotatable bonds is 5. The van der Waals surface area contributed by atoms with E-state index >= 15 is 0 Å². The number of aromatic hydroxyl groups is 1. The summed E-state index contributed by atoms with van der Waals surface area (Å²) < 4.78 is 0.360. The third kappa shape index (κ3) is 4.44. The van der Waals surface area contributed by atoms with Gasteiger partial charge in [0.1, 0.15) is 10.1 Å². The highest BCUT2D eigenvalue weighted by Gasteiger charge is 2.25. The van der Waals surface area contributed by atoms with Crippen LogP contribution in [-0.4, -0.2) is 26.4 Å². The average molecular weight is 335 g/mol. The van der Waals surface area contributed by atoms with Gasteiger partial charge in [0.25, 0.3) is 5.91 Å². The molecular weight excluding hydrogens is 322 g/mol. The SMILES string of the molecule is O=C(O)CCC(C=Cc1cccc(O)c1)=C1SC(=S)NC1=O. The van der Waals surface area contributed by atoms with E-state index in [9.17, 15) is 14.7 Å². The molecule has 1 aliphatic heterocycles. The van der Waals surface area contributed by atoms with Crippen molar-refractivity contribution in [3.8, 4) is 5.75 Å². The molecule has 0 bridgehead atoms. The van der Waals surface area contributed by atoms with Gasteiger partial charge in [-0.2, -0.15) is 0 Å². The van der Waals surface area contributed by atoms with Crippen LogP contribution < -0.4 is 5.32 Å². The number of allylic oxidation sites excluding steroid dienone is 2. The Morgan fingerprint density at radius 1 is 1.36 bits per heavy atom. The van der Waals surface area contributed by atoms with Gasteiger partial charge in [-0.15, -0.1) is 0 Å². The highest BCUT2D eigenvalue weighted by molar-refractivity contribution is 8.26. The number of benzene rings is 1. The maximum absolute atomic E-state index is 11.8. The van der Waals surface area contributed by atoms with Crippen molar-refractivity contribution in [3.63, 3.8) is 0 Å². The van der Waals surface area contributed by atoms with Crippen molar-refractivity contribution in [2.45, 2.75) is 12.8 Å². The fourth-order valence-corrected chi connectivity index (χ4v) is 2.98. The number of amides is 1. The Labute approximate surface area is 136 Å². The fourth-order valence-electron chi connectivity index (χ4n) is 1.86. The summed E-state index contributed by atoms with van der Waals surface area (Å²) in [7, 11) is 0. The predicted octanol–water partition coefficient (Wildman–Crippen LogP) is 2.67. The molecule has 5 nitrogen and oxygen atoms in total. The molecule has 0 aromatic heterocycles. The molecule has 0 aliphatic carbocycles. The molecule has 22 heavy (non-hydrogen) atoms. The number of thiocarbonyl (C=S) groups is 1. The molecular formula is C15H13NO4S2. The van der Waals surface area contributed by atoms with Crippen LogP contribution in [0.1, 0.15) is 18.4 Å². The van der Waals surface area contributed by atoms with Crippen LogP contribution in [0.2, 0.25) is 0 Å². The molecule has 0 saturated carbocycles. The summed E-state index contributed by atoms with van der Waals surface area (Å²) in [6.07, 6.45) is 3.56. The molecule has 0 radical (unpaired) electrons. The molecule has 114 valence electrons. The lowest BCUT2D eigenvalue weighted by Gasteiger charge is -2.03. The van der Waals surface area contributed by atoms with Crippen LogP contribution in [0.5, 0.6) is 5.75 Å². The van der Waals surface area contributed by atoms with Gasteiger partial charge in [-0.05, 0) is 29.7 Å². The maximum atomic E-state index is 11.8. The third-order valence-electron chi connectivity index (χ3n) is 2.86. The molecule has 1 aliphatic rings. The van der Waals surface area contributed by atoms with E-state index < -0.39 is 5.97 Å². The van der Waals surface area contributed by atoms with Crippen LogP contribution >= 0.6 is 24.0 Å². The Morgan fingerprint density at radius 3 is 2.73 bits per heavy atom. The first-order valence-electron chi connectivity index (χ1n) is 6.41. The van der Waals surface area contributed by atoms with E-state index in [0.29, 0.717) is 14.8 Å². The van der Waals surface area contributed by atoms with Crippen molar-refractivity contribution in [1.29, 1.82) is 0 Å². The third-order valence-corrected chi connectivity index (χ3v) is 4.15. The zero-order chi connectivity index (χ0) is 16.1. The molecule has 7 heteroatoms.